The van der Waals surface area contributed by atoms with Gasteiger partial charge in [0, 0.05) is 56.8 Å². The van der Waals surface area contributed by atoms with Crippen LogP contribution in [-0.4, -0.2) is 60.2 Å². The molecule has 3 rings (SSSR count). The minimum Gasteiger partial charge on any atom is -0.338 e. The Balaban J connectivity index is 1.51. The molecule has 1 heterocycles. The van der Waals surface area contributed by atoms with E-state index >= 15 is 0 Å². The molecule has 0 aromatic heterocycles. The molecule has 0 saturated carbocycles. The Bertz CT molecular complexity index is 1130. The maximum Gasteiger partial charge on any atom is 0.319 e. The predicted octanol–water partition coefficient (Wildman–Crippen LogP) is 5.57. The van der Waals surface area contributed by atoms with Gasteiger partial charge >= 0.3 is 6.03 Å². The monoisotopic (exact) mass is 524 g/mol. The van der Waals surface area contributed by atoms with E-state index in [0.29, 0.717) is 51.6 Å². The molecule has 1 fully saturated rings. The number of benzene rings is 2. The Labute approximate surface area is 225 Å². The van der Waals surface area contributed by atoms with E-state index in [-0.39, 0.29) is 28.4 Å². The molecule has 2 aromatic carbocycles. The first kappa shape index (κ1) is 29.3. The lowest BCUT2D eigenvalue weighted by atomic mass is 9.87. The van der Waals surface area contributed by atoms with E-state index in [2.05, 4.69) is 50.2 Å². The molecule has 206 valence electrons. The Morgan fingerprint density at radius 3 is 2.32 bits per heavy atom. The van der Waals surface area contributed by atoms with Crippen LogP contribution >= 0.6 is 0 Å². The molecule has 0 spiro atoms. The third-order valence-electron chi connectivity index (χ3n) is 6.48. The second-order valence-electron chi connectivity index (χ2n) is 11.7. The molecule has 0 bridgehead atoms. The number of carbonyl (C=O) groups is 3. The van der Waals surface area contributed by atoms with Crippen molar-refractivity contribution in [1.82, 2.24) is 15.1 Å². The zero-order valence-electron chi connectivity index (χ0n) is 23.3. The van der Waals surface area contributed by atoms with Gasteiger partial charge in [-0.1, -0.05) is 52.8 Å². The fraction of sp³-hybridized carbons (Fsp3) is 0.500. The fourth-order valence-corrected chi connectivity index (χ4v) is 4.37. The molecule has 1 aliphatic heterocycles. The molecule has 0 radical (unpaired) electrons. The molecular weight excluding hydrogens is 483 g/mol. The second kappa shape index (κ2) is 13.0. The van der Waals surface area contributed by atoms with Gasteiger partial charge in [-0.3, -0.25) is 14.5 Å². The van der Waals surface area contributed by atoms with E-state index in [4.69, 9.17) is 0 Å². The van der Waals surface area contributed by atoms with Crippen molar-refractivity contribution >= 4 is 23.4 Å². The number of amides is 3. The summed E-state index contributed by atoms with van der Waals surface area (Å²) in [5.41, 5.74) is 2.04. The highest BCUT2D eigenvalue weighted by molar-refractivity contribution is 5.97. The summed E-state index contributed by atoms with van der Waals surface area (Å²) < 4.78 is 14.6. The highest BCUT2D eigenvalue weighted by Crippen LogP contribution is 2.23. The van der Waals surface area contributed by atoms with Gasteiger partial charge in [0.15, 0.2) is 5.78 Å². The molecule has 0 aliphatic carbocycles. The number of urea groups is 1. The van der Waals surface area contributed by atoms with E-state index in [9.17, 15) is 18.8 Å². The van der Waals surface area contributed by atoms with Crippen molar-refractivity contribution in [3.05, 3.63) is 65.0 Å². The van der Waals surface area contributed by atoms with Crippen LogP contribution in [0, 0.1) is 17.2 Å². The number of rotatable bonds is 9. The zero-order chi connectivity index (χ0) is 27.9. The predicted molar refractivity (Wildman–Crippen MR) is 149 cm³/mol. The number of hydrogen-bond acceptors (Lipinski definition) is 4. The zero-order valence-corrected chi connectivity index (χ0v) is 23.3. The van der Waals surface area contributed by atoms with Crippen LogP contribution in [0.5, 0.6) is 0 Å². The number of piperazine rings is 1. The number of nitrogens with zero attached hydrogens (tertiary/aromatic N) is 2. The van der Waals surface area contributed by atoms with Crippen molar-refractivity contribution in [3.8, 4) is 0 Å². The van der Waals surface area contributed by atoms with Crippen LogP contribution in [-0.2, 0) is 6.54 Å². The van der Waals surface area contributed by atoms with Gasteiger partial charge in [0.05, 0.1) is 5.69 Å². The van der Waals surface area contributed by atoms with Crippen molar-refractivity contribution in [2.45, 2.75) is 54.0 Å². The first-order valence-corrected chi connectivity index (χ1v) is 13.4. The van der Waals surface area contributed by atoms with Crippen LogP contribution in [0.2, 0.25) is 0 Å². The van der Waals surface area contributed by atoms with Crippen LogP contribution in [0.1, 0.15) is 73.7 Å². The van der Waals surface area contributed by atoms with Crippen LogP contribution in [0.4, 0.5) is 14.9 Å². The van der Waals surface area contributed by atoms with E-state index in [0.717, 1.165) is 17.5 Å². The van der Waals surface area contributed by atoms with Gasteiger partial charge in [0.1, 0.15) is 5.82 Å². The van der Waals surface area contributed by atoms with Gasteiger partial charge < -0.3 is 15.5 Å². The Morgan fingerprint density at radius 2 is 1.68 bits per heavy atom. The molecule has 1 saturated heterocycles. The molecule has 0 atom stereocenters. The van der Waals surface area contributed by atoms with Crippen LogP contribution in [0.25, 0.3) is 0 Å². The van der Waals surface area contributed by atoms with Gasteiger partial charge in [0.25, 0.3) is 5.91 Å². The van der Waals surface area contributed by atoms with Gasteiger partial charge in [-0.25, -0.2) is 9.18 Å². The summed E-state index contributed by atoms with van der Waals surface area (Å²) in [6, 6.07) is 11.5. The third-order valence-corrected chi connectivity index (χ3v) is 6.48. The average molecular weight is 525 g/mol. The number of halogens is 1. The lowest BCUT2D eigenvalue weighted by Crippen LogP contribution is -2.48. The van der Waals surface area contributed by atoms with Crippen molar-refractivity contribution in [2.75, 3.05) is 38.0 Å². The Kier molecular flexibility index (Phi) is 10.0. The normalized spacial score (nSPS) is 14.4. The SMILES string of the molecule is CC(C)CCNC(=O)Nc1ccc(C(=O)N2CCN(Cc3cccc(C(=O)CC(C)(C)C)c3)CC2)cc1F. The van der Waals surface area contributed by atoms with Crippen molar-refractivity contribution in [3.63, 3.8) is 0 Å². The van der Waals surface area contributed by atoms with Crippen LogP contribution in [0.15, 0.2) is 42.5 Å². The molecule has 38 heavy (non-hydrogen) atoms. The lowest BCUT2D eigenvalue weighted by molar-refractivity contribution is 0.0627. The third kappa shape index (κ3) is 8.94. The second-order valence-corrected chi connectivity index (χ2v) is 11.7. The van der Waals surface area contributed by atoms with Gasteiger partial charge in [0.2, 0.25) is 0 Å². The number of ketones is 1. The summed E-state index contributed by atoms with van der Waals surface area (Å²) >= 11 is 0. The topological polar surface area (TPSA) is 81.8 Å². The summed E-state index contributed by atoms with van der Waals surface area (Å²) in [5, 5.41) is 5.21. The molecule has 3 amide bonds. The van der Waals surface area contributed by atoms with E-state index < -0.39 is 11.8 Å². The highest BCUT2D eigenvalue weighted by Gasteiger charge is 2.24. The van der Waals surface area contributed by atoms with Crippen LogP contribution in [0.3, 0.4) is 0 Å². The molecule has 7 nitrogen and oxygen atoms in total. The summed E-state index contributed by atoms with van der Waals surface area (Å²) in [5.74, 6) is -0.268. The number of Topliss-reactive ketones (excluding diaryl/α,β-unsaturated/α-hetero) is 1. The molecule has 8 heteroatoms. The fourth-order valence-electron chi connectivity index (χ4n) is 4.37. The van der Waals surface area contributed by atoms with E-state index in [1.54, 1.807) is 11.0 Å². The summed E-state index contributed by atoms with van der Waals surface area (Å²) in [4.78, 5) is 41.6. The van der Waals surface area contributed by atoms with Crippen molar-refractivity contribution in [2.24, 2.45) is 11.3 Å². The number of anilines is 1. The highest BCUT2D eigenvalue weighted by atomic mass is 19.1. The maximum absolute atomic E-state index is 14.6. The van der Waals surface area contributed by atoms with E-state index in [1.807, 2.05) is 24.3 Å². The van der Waals surface area contributed by atoms with Gasteiger partial charge in [-0.15, -0.1) is 0 Å². The average Bonchev–Trinajstić information content (AvgIpc) is 2.84. The quantitative estimate of drug-likeness (QED) is 0.420. The Morgan fingerprint density at radius 1 is 0.974 bits per heavy atom. The minimum absolute atomic E-state index is 0.0385. The first-order valence-electron chi connectivity index (χ1n) is 13.4. The lowest BCUT2D eigenvalue weighted by Gasteiger charge is -2.35. The number of hydrogen-bond donors (Lipinski definition) is 2. The first-order chi connectivity index (χ1) is 17.9. The summed E-state index contributed by atoms with van der Waals surface area (Å²) in [6.45, 7) is 13.9. The minimum atomic E-state index is -0.644. The van der Waals surface area contributed by atoms with Crippen LogP contribution < -0.4 is 10.6 Å². The molecule has 2 aromatic rings. The largest absolute Gasteiger partial charge is 0.338 e. The van der Waals surface area contributed by atoms with Crippen molar-refractivity contribution in [1.29, 1.82) is 0 Å². The molecule has 2 N–H and O–H groups in total. The maximum atomic E-state index is 14.6. The van der Waals surface area contributed by atoms with Gasteiger partial charge in [-0.05, 0) is 47.6 Å². The summed E-state index contributed by atoms with van der Waals surface area (Å²) in [6.07, 6.45) is 1.33. The standard InChI is InChI=1S/C30H41FN4O3/c1-21(2)11-12-32-29(38)33-26-10-9-24(18-25(26)31)28(37)35-15-13-34(14-16-35)20-22-7-6-8-23(17-22)27(36)19-30(3,4)5/h6-10,17-18,21H,11-16,19-20H2,1-5H3,(H2,32,33,38). The molecule has 0 unspecified atom stereocenters. The number of carbonyl (C=O) groups excluding carboxylic acids is 3. The molecule has 1 aliphatic rings. The van der Waals surface area contributed by atoms with Gasteiger partial charge in [-0.2, -0.15) is 0 Å². The number of nitrogens with one attached hydrogen (secondary N) is 2. The summed E-state index contributed by atoms with van der Waals surface area (Å²) in [7, 11) is 0. The molecular formula is C30H41FN4O3. The van der Waals surface area contributed by atoms with Crippen molar-refractivity contribution < 1.29 is 18.8 Å². The van der Waals surface area contributed by atoms with E-state index in [1.165, 1.54) is 12.1 Å². The Hall–Kier alpha value is -3.26. The smallest absolute Gasteiger partial charge is 0.319 e.